The molecule has 2 fully saturated rings. The fourth-order valence-electron chi connectivity index (χ4n) is 2.62. The first-order valence-corrected chi connectivity index (χ1v) is 6.64. The minimum Gasteiger partial charge on any atom is -0.445 e. The average molecular weight is 301 g/mol. The lowest BCUT2D eigenvalue weighted by molar-refractivity contribution is 0.140. The fraction of sp³-hybridized carbons (Fsp3) is 0.462. The Morgan fingerprint density at radius 3 is 2.57 bits per heavy atom. The second kappa shape index (κ2) is 5.53. The largest absolute Gasteiger partial charge is 0.445 e. The molecule has 2 aliphatic rings. The first-order chi connectivity index (χ1) is 10.1. The van der Waals surface area contributed by atoms with Gasteiger partial charge in [-0.15, -0.1) is 0 Å². The number of anilines is 1. The number of halogens is 3. The van der Waals surface area contributed by atoms with Gasteiger partial charge in [-0.25, -0.2) is 18.0 Å². The van der Waals surface area contributed by atoms with Crippen LogP contribution in [0.15, 0.2) is 12.1 Å². The van der Waals surface area contributed by atoms with E-state index in [2.05, 4.69) is 5.32 Å². The van der Waals surface area contributed by atoms with Gasteiger partial charge in [-0.05, 0) is 12.1 Å². The Kier molecular flexibility index (Phi) is 3.73. The molecule has 0 aliphatic carbocycles. The number of benzene rings is 1. The summed E-state index contributed by atoms with van der Waals surface area (Å²) in [7, 11) is 0. The van der Waals surface area contributed by atoms with Crippen molar-refractivity contribution < 1.29 is 22.7 Å². The highest BCUT2D eigenvalue weighted by atomic mass is 19.2. The van der Waals surface area contributed by atoms with E-state index in [1.165, 1.54) is 0 Å². The molecule has 1 amide bonds. The molecule has 5 nitrogen and oxygen atoms in total. The number of hydrogen-bond acceptors (Lipinski definition) is 4. The predicted molar refractivity (Wildman–Crippen MR) is 68.4 cm³/mol. The van der Waals surface area contributed by atoms with E-state index in [-0.39, 0.29) is 12.3 Å². The molecule has 1 unspecified atom stereocenters. The van der Waals surface area contributed by atoms with Gasteiger partial charge in [0.05, 0.1) is 5.69 Å². The first kappa shape index (κ1) is 14.2. The molecule has 3 rings (SSSR count). The van der Waals surface area contributed by atoms with Crippen LogP contribution in [0.1, 0.15) is 0 Å². The summed E-state index contributed by atoms with van der Waals surface area (Å²) in [5, 5.41) is 3.16. The standard InChI is InChI=1S/C13H14F3N3O2/c14-8-1-2-9(12(16)11(8)15)19-10(7-21-13(19)20)18-5-3-17-4-6-18/h1-2,10,17H,3-7H2. The highest BCUT2D eigenvalue weighted by Crippen LogP contribution is 2.30. The zero-order valence-electron chi connectivity index (χ0n) is 11.1. The predicted octanol–water partition coefficient (Wildman–Crippen LogP) is 1.29. The Morgan fingerprint density at radius 2 is 1.86 bits per heavy atom. The molecule has 21 heavy (non-hydrogen) atoms. The summed E-state index contributed by atoms with van der Waals surface area (Å²) in [6.07, 6.45) is -1.28. The molecule has 0 saturated carbocycles. The van der Waals surface area contributed by atoms with Crippen LogP contribution in [-0.2, 0) is 4.74 Å². The Balaban J connectivity index is 1.94. The molecule has 0 radical (unpaired) electrons. The molecular formula is C13H14F3N3O2. The summed E-state index contributed by atoms with van der Waals surface area (Å²) in [6.45, 7) is 2.85. The molecule has 1 N–H and O–H groups in total. The maximum atomic E-state index is 13.9. The second-order valence-corrected chi connectivity index (χ2v) is 4.91. The van der Waals surface area contributed by atoms with Gasteiger partial charge >= 0.3 is 6.09 Å². The number of nitrogens with zero attached hydrogens (tertiary/aromatic N) is 2. The molecule has 2 heterocycles. The fourth-order valence-corrected chi connectivity index (χ4v) is 2.62. The number of carbonyl (C=O) groups excluding carboxylic acids is 1. The summed E-state index contributed by atoms with van der Waals surface area (Å²) in [6, 6.07) is 1.85. The van der Waals surface area contributed by atoms with Crippen molar-refractivity contribution in [3.05, 3.63) is 29.6 Å². The van der Waals surface area contributed by atoms with Crippen molar-refractivity contribution in [2.24, 2.45) is 0 Å². The lowest BCUT2D eigenvalue weighted by Gasteiger charge is -2.35. The SMILES string of the molecule is O=C1OCC(N2CCNCC2)N1c1ccc(F)c(F)c1F. The Morgan fingerprint density at radius 1 is 1.14 bits per heavy atom. The van der Waals surface area contributed by atoms with Crippen molar-refractivity contribution in [2.45, 2.75) is 6.17 Å². The number of carbonyl (C=O) groups is 1. The van der Waals surface area contributed by atoms with E-state index in [0.717, 1.165) is 30.1 Å². The first-order valence-electron chi connectivity index (χ1n) is 6.64. The van der Waals surface area contributed by atoms with E-state index in [1.54, 1.807) is 0 Å². The number of piperazine rings is 1. The van der Waals surface area contributed by atoms with Crippen LogP contribution in [0.25, 0.3) is 0 Å². The van der Waals surface area contributed by atoms with E-state index >= 15 is 0 Å². The van der Waals surface area contributed by atoms with E-state index in [1.807, 2.05) is 4.90 Å². The summed E-state index contributed by atoms with van der Waals surface area (Å²) in [5.41, 5.74) is -0.306. The third kappa shape index (κ3) is 2.44. The average Bonchev–Trinajstić information content (AvgIpc) is 2.88. The number of rotatable bonds is 2. The molecule has 2 saturated heterocycles. The van der Waals surface area contributed by atoms with Crippen molar-refractivity contribution in [3.63, 3.8) is 0 Å². The van der Waals surface area contributed by atoms with Crippen molar-refractivity contribution in [2.75, 3.05) is 37.7 Å². The molecule has 0 spiro atoms. The minimum atomic E-state index is -1.59. The molecule has 1 aromatic carbocycles. The highest BCUT2D eigenvalue weighted by Gasteiger charge is 2.40. The van der Waals surface area contributed by atoms with Crippen molar-refractivity contribution in [3.8, 4) is 0 Å². The zero-order valence-corrected chi connectivity index (χ0v) is 11.1. The van der Waals surface area contributed by atoms with Gasteiger partial charge in [0, 0.05) is 26.2 Å². The van der Waals surface area contributed by atoms with Crippen molar-refractivity contribution >= 4 is 11.8 Å². The number of nitrogens with one attached hydrogen (secondary N) is 1. The van der Waals surface area contributed by atoms with Gasteiger partial charge in [0.2, 0.25) is 0 Å². The minimum absolute atomic E-state index is 0.0667. The molecule has 114 valence electrons. The van der Waals surface area contributed by atoms with Gasteiger partial charge in [-0.3, -0.25) is 9.80 Å². The Hall–Kier alpha value is -1.80. The summed E-state index contributed by atoms with van der Waals surface area (Å²) < 4.78 is 45.3. The van der Waals surface area contributed by atoms with Crippen LogP contribution in [0.5, 0.6) is 0 Å². The normalized spacial score (nSPS) is 23.5. The second-order valence-electron chi connectivity index (χ2n) is 4.91. The summed E-state index contributed by atoms with van der Waals surface area (Å²) in [5.74, 6) is -4.26. The van der Waals surface area contributed by atoms with Gasteiger partial charge in [-0.1, -0.05) is 0 Å². The van der Waals surface area contributed by atoms with Crippen LogP contribution in [0.3, 0.4) is 0 Å². The number of ether oxygens (including phenoxy) is 1. The number of amides is 1. The number of hydrogen-bond donors (Lipinski definition) is 1. The van der Waals surface area contributed by atoms with E-state index in [4.69, 9.17) is 4.74 Å². The maximum absolute atomic E-state index is 13.9. The molecule has 2 aliphatic heterocycles. The smallest absolute Gasteiger partial charge is 0.415 e. The van der Waals surface area contributed by atoms with E-state index in [9.17, 15) is 18.0 Å². The third-order valence-electron chi connectivity index (χ3n) is 3.70. The van der Waals surface area contributed by atoms with Crippen molar-refractivity contribution in [1.29, 1.82) is 0 Å². The van der Waals surface area contributed by atoms with Gasteiger partial charge in [0.1, 0.15) is 12.8 Å². The Bertz CT molecular complexity index is 564. The molecular weight excluding hydrogens is 287 g/mol. The van der Waals surface area contributed by atoms with Crippen LogP contribution in [-0.4, -0.2) is 49.9 Å². The topological polar surface area (TPSA) is 44.8 Å². The van der Waals surface area contributed by atoms with Gasteiger partial charge in [0.15, 0.2) is 17.5 Å². The molecule has 0 aromatic heterocycles. The summed E-state index contributed by atoms with van der Waals surface area (Å²) >= 11 is 0. The molecule has 0 bridgehead atoms. The lowest BCUT2D eigenvalue weighted by Crippen LogP contribution is -2.54. The third-order valence-corrected chi connectivity index (χ3v) is 3.70. The van der Waals surface area contributed by atoms with Crippen LogP contribution in [0.4, 0.5) is 23.7 Å². The van der Waals surface area contributed by atoms with Crippen LogP contribution in [0.2, 0.25) is 0 Å². The lowest BCUT2D eigenvalue weighted by atomic mass is 10.2. The van der Waals surface area contributed by atoms with E-state index in [0.29, 0.717) is 13.1 Å². The van der Waals surface area contributed by atoms with E-state index < -0.39 is 29.7 Å². The van der Waals surface area contributed by atoms with Crippen molar-refractivity contribution in [1.82, 2.24) is 10.2 Å². The van der Waals surface area contributed by atoms with Gasteiger partial charge < -0.3 is 10.1 Å². The number of cyclic esters (lactones) is 1. The van der Waals surface area contributed by atoms with Gasteiger partial charge in [-0.2, -0.15) is 0 Å². The molecule has 1 atom stereocenters. The van der Waals surface area contributed by atoms with Crippen LogP contribution < -0.4 is 10.2 Å². The van der Waals surface area contributed by atoms with Gasteiger partial charge in [0.25, 0.3) is 0 Å². The highest BCUT2D eigenvalue weighted by molar-refractivity contribution is 5.90. The van der Waals surface area contributed by atoms with Crippen LogP contribution in [0, 0.1) is 17.5 Å². The maximum Gasteiger partial charge on any atom is 0.415 e. The zero-order chi connectivity index (χ0) is 15.0. The monoisotopic (exact) mass is 301 g/mol. The summed E-state index contributed by atoms with van der Waals surface area (Å²) in [4.78, 5) is 14.8. The Labute approximate surface area is 119 Å². The molecule has 8 heteroatoms. The quantitative estimate of drug-likeness (QED) is 0.836. The van der Waals surface area contributed by atoms with Crippen LogP contribution >= 0.6 is 0 Å². The molecule has 1 aromatic rings.